The number of amides is 1. The lowest BCUT2D eigenvalue weighted by Crippen LogP contribution is -2.36. The van der Waals surface area contributed by atoms with E-state index in [1.54, 1.807) is 19.1 Å². The van der Waals surface area contributed by atoms with Crippen molar-refractivity contribution in [1.82, 2.24) is 14.8 Å². The van der Waals surface area contributed by atoms with Crippen LogP contribution in [0, 0.1) is 6.92 Å². The fourth-order valence-electron chi connectivity index (χ4n) is 3.80. The van der Waals surface area contributed by atoms with Crippen LogP contribution >= 0.6 is 23.1 Å². The number of ketones is 1. The number of thiazole rings is 1. The maximum absolute atomic E-state index is 13.7. The standard InChI is InChI=1S/C25H25N3O4S2/c1-15-23(34-25(26-15)33-18-10-5-4-6-11-18)21(30)19-20(16-8-7-9-17(29)14-16)28(13-12-27(2)3)24(32)22(19)31/h4-11,14,20,29,31H,12-13H2,1-3H3/t20-/m1/s1. The van der Waals surface area contributed by atoms with Gasteiger partial charge in [-0.15, -0.1) is 11.3 Å². The van der Waals surface area contributed by atoms with Gasteiger partial charge in [0.1, 0.15) is 5.75 Å². The fourth-order valence-corrected chi connectivity index (χ4v) is 5.94. The Bertz CT molecular complexity index is 1250. The minimum atomic E-state index is -0.807. The molecule has 0 unspecified atom stereocenters. The van der Waals surface area contributed by atoms with E-state index >= 15 is 0 Å². The molecule has 3 aromatic rings. The number of aliphatic hydroxyl groups excluding tert-OH is 1. The number of likely N-dealkylation sites (N-methyl/N-ethyl adjacent to an activating group) is 1. The molecule has 9 heteroatoms. The molecule has 2 heterocycles. The Balaban J connectivity index is 1.72. The minimum Gasteiger partial charge on any atom is -0.508 e. The first-order valence-corrected chi connectivity index (χ1v) is 12.3. The van der Waals surface area contributed by atoms with E-state index in [0.29, 0.717) is 33.6 Å². The highest BCUT2D eigenvalue weighted by Gasteiger charge is 2.44. The zero-order valence-corrected chi connectivity index (χ0v) is 20.7. The number of aliphatic hydroxyl groups is 1. The van der Waals surface area contributed by atoms with E-state index in [2.05, 4.69) is 4.98 Å². The topological polar surface area (TPSA) is 94.0 Å². The summed E-state index contributed by atoms with van der Waals surface area (Å²) in [7, 11) is 3.77. The number of nitrogens with zero attached hydrogens (tertiary/aromatic N) is 3. The summed E-state index contributed by atoms with van der Waals surface area (Å²) in [4.78, 5) is 36.1. The quantitative estimate of drug-likeness (QED) is 0.446. The molecule has 1 amide bonds. The number of aromatic hydroxyl groups is 1. The molecular weight excluding hydrogens is 470 g/mol. The van der Waals surface area contributed by atoms with Crippen molar-refractivity contribution in [2.24, 2.45) is 0 Å². The van der Waals surface area contributed by atoms with E-state index in [1.807, 2.05) is 49.3 Å². The van der Waals surface area contributed by atoms with Crippen LogP contribution in [-0.4, -0.2) is 63.9 Å². The first-order valence-electron chi connectivity index (χ1n) is 10.7. The summed E-state index contributed by atoms with van der Waals surface area (Å²) in [5.74, 6) is -1.56. The number of carbonyl (C=O) groups excluding carboxylic acids is 2. The molecule has 0 radical (unpaired) electrons. The predicted octanol–water partition coefficient (Wildman–Crippen LogP) is 4.45. The van der Waals surface area contributed by atoms with Gasteiger partial charge in [0.05, 0.1) is 22.2 Å². The number of hydrogen-bond acceptors (Lipinski definition) is 8. The van der Waals surface area contributed by atoms with Gasteiger partial charge in [0.2, 0.25) is 5.78 Å². The third-order valence-electron chi connectivity index (χ3n) is 5.45. The van der Waals surface area contributed by atoms with E-state index in [0.717, 1.165) is 4.90 Å². The van der Waals surface area contributed by atoms with Crippen LogP contribution in [0.5, 0.6) is 5.75 Å². The van der Waals surface area contributed by atoms with Gasteiger partial charge in [-0.25, -0.2) is 4.98 Å². The summed E-state index contributed by atoms with van der Waals surface area (Å²) in [5.41, 5.74) is 1.11. The number of hydrogen-bond donors (Lipinski definition) is 2. The summed E-state index contributed by atoms with van der Waals surface area (Å²) in [6, 6.07) is 15.4. The summed E-state index contributed by atoms with van der Waals surface area (Å²) in [6.07, 6.45) is 0. The van der Waals surface area contributed by atoms with Crippen molar-refractivity contribution in [3.63, 3.8) is 0 Å². The number of phenolic OH excluding ortho intramolecular Hbond substituents is 1. The van der Waals surface area contributed by atoms with Gasteiger partial charge in [-0.2, -0.15) is 0 Å². The van der Waals surface area contributed by atoms with Crippen molar-refractivity contribution in [3.05, 3.63) is 82.1 Å². The van der Waals surface area contributed by atoms with E-state index in [-0.39, 0.29) is 11.3 Å². The fraction of sp³-hybridized carbons (Fsp3) is 0.240. The Kier molecular flexibility index (Phi) is 7.06. The smallest absolute Gasteiger partial charge is 0.290 e. The second kappa shape index (κ2) is 10.0. The second-order valence-electron chi connectivity index (χ2n) is 8.20. The predicted molar refractivity (Wildman–Crippen MR) is 133 cm³/mol. The summed E-state index contributed by atoms with van der Waals surface area (Å²) in [6.45, 7) is 2.61. The van der Waals surface area contributed by atoms with E-state index in [4.69, 9.17) is 0 Å². The molecule has 2 N–H and O–H groups in total. The molecule has 1 aromatic heterocycles. The molecule has 0 spiro atoms. The lowest BCUT2D eigenvalue weighted by atomic mass is 9.95. The second-order valence-corrected chi connectivity index (χ2v) is 10.5. The Hall–Kier alpha value is -3.14. The van der Waals surface area contributed by atoms with Crippen LogP contribution in [0.1, 0.15) is 27.0 Å². The van der Waals surface area contributed by atoms with Gasteiger partial charge in [-0.1, -0.05) is 42.1 Å². The molecule has 1 aliphatic heterocycles. The monoisotopic (exact) mass is 495 g/mol. The molecule has 34 heavy (non-hydrogen) atoms. The Labute approximate surface area is 206 Å². The number of phenols is 1. The number of carbonyl (C=O) groups is 2. The maximum atomic E-state index is 13.7. The molecule has 0 saturated carbocycles. The van der Waals surface area contributed by atoms with Crippen molar-refractivity contribution in [2.75, 3.05) is 27.2 Å². The average Bonchev–Trinajstić information content (AvgIpc) is 3.29. The minimum absolute atomic E-state index is 0.0115. The summed E-state index contributed by atoms with van der Waals surface area (Å²) >= 11 is 2.70. The average molecular weight is 496 g/mol. The number of rotatable bonds is 8. The molecule has 0 bridgehead atoms. The molecule has 1 aliphatic rings. The molecule has 2 aromatic carbocycles. The maximum Gasteiger partial charge on any atom is 0.290 e. The van der Waals surface area contributed by atoms with Gasteiger partial charge in [0.15, 0.2) is 10.1 Å². The molecule has 0 fully saturated rings. The largest absolute Gasteiger partial charge is 0.508 e. The molecule has 0 saturated heterocycles. The lowest BCUT2D eigenvalue weighted by molar-refractivity contribution is -0.129. The zero-order chi connectivity index (χ0) is 24.4. The molecule has 0 aliphatic carbocycles. The Morgan fingerprint density at radius 1 is 1.15 bits per heavy atom. The number of aromatic nitrogens is 1. The van der Waals surface area contributed by atoms with Crippen LogP contribution in [0.2, 0.25) is 0 Å². The zero-order valence-electron chi connectivity index (χ0n) is 19.1. The van der Waals surface area contributed by atoms with E-state index in [1.165, 1.54) is 40.1 Å². The van der Waals surface area contributed by atoms with Crippen LogP contribution in [-0.2, 0) is 4.79 Å². The van der Waals surface area contributed by atoms with Crippen LogP contribution < -0.4 is 0 Å². The van der Waals surface area contributed by atoms with Gasteiger partial charge >= 0.3 is 0 Å². The van der Waals surface area contributed by atoms with Crippen LogP contribution in [0.25, 0.3) is 0 Å². The molecule has 1 atom stereocenters. The normalized spacial score (nSPS) is 16.1. The number of benzene rings is 2. The highest BCUT2D eigenvalue weighted by Crippen LogP contribution is 2.42. The molecule has 7 nitrogen and oxygen atoms in total. The number of aryl methyl sites for hydroxylation is 1. The van der Waals surface area contributed by atoms with Crippen molar-refractivity contribution < 1.29 is 19.8 Å². The Morgan fingerprint density at radius 3 is 2.56 bits per heavy atom. The first-order chi connectivity index (χ1) is 16.3. The first kappa shape index (κ1) is 24.0. The van der Waals surface area contributed by atoms with Crippen molar-refractivity contribution in [1.29, 1.82) is 0 Å². The summed E-state index contributed by atoms with van der Waals surface area (Å²) in [5, 5.41) is 20.9. The SMILES string of the molecule is Cc1nc(Sc2ccccc2)sc1C(=O)C1=C(O)C(=O)N(CCN(C)C)[C@@H]1c1cccc(O)c1. The van der Waals surface area contributed by atoms with Gasteiger partial charge in [0.25, 0.3) is 5.91 Å². The van der Waals surface area contributed by atoms with E-state index < -0.39 is 23.5 Å². The van der Waals surface area contributed by atoms with Crippen LogP contribution in [0.3, 0.4) is 0 Å². The third kappa shape index (κ3) is 4.86. The van der Waals surface area contributed by atoms with Crippen molar-refractivity contribution >= 4 is 34.8 Å². The Morgan fingerprint density at radius 2 is 1.88 bits per heavy atom. The molecule has 4 rings (SSSR count). The van der Waals surface area contributed by atoms with Gasteiger partial charge < -0.3 is 20.0 Å². The molecule has 176 valence electrons. The van der Waals surface area contributed by atoms with Gasteiger partial charge in [-0.05, 0) is 50.8 Å². The third-order valence-corrected chi connectivity index (χ3v) is 7.68. The van der Waals surface area contributed by atoms with E-state index in [9.17, 15) is 19.8 Å². The highest BCUT2D eigenvalue weighted by molar-refractivity contribution is 8.01. The van der Waals surface area contributed by atoms with Crippen LogP contribution in [0.15, 0.2) is 75.2 Å². The lowest BCUT2D eigenvalue weighted by Gasteiger charge is -2.28. The number of Topliss-reactive ketones (excluding diaryl/α,β-unsaturated/α-hetero) is 1. The van der Waals surface area contributed by atoms with Crippen LogP contribution in [0.4, 0.5) is 0 Å². The highest BCUT2D eigenvalue weighted by atomic mass is 32.2. The summed E-state index contributed by atoms with van der Waals surface area (Å²) < 4.78 is 0.704. The van der Waals surface area contributed by atoms with Gasteiger partial charge in [-0.3, -0.25) is 9.59 Å². The van der Waals surface area contributed by atoms with Gasteiger partial charge in [0, 0.05) is 18.0 Å². The van der Waals surface area contributed by atoms with Crippen molar-refractivity contribution in [3.8, 4) is 5.75 Å². The molecular formula is C25H25N3O4S2. The van der Waals surface area contributed by atoms with Crippen molar-refractivity contribution in [2.45, 2.75) is 22.2 Å².